The van der Waals surface area contributed by atoms with Crippen LogP contribution in [0.15, 0.2) is 42.0 Å². The molecule has 0 heterocycles. The predicted molar refractivity (Wildman–Crippen MR) is 96.5 cm³/mol. The van der Waals surface area contributed by atoms with Gasteiger partial charge in [-0.2, -0.15) is 5.26 Å². The van der Waals surface area contributed by atoms with Gasteiger partial charge in [0.25, 0.3) is 11.6 Å². The highest BCUT2D eigenvalue weighted by Crippen LogP contribution is 2.26. The number of nitrogens with zero attached hydrogens (tertiary/aromatic N) is 2. The van der Waals surface area contributed by atoms with Crippen LogP contribution in [0.25, 0.3) is 6.08 Å². The minimum absolute atomic E-state index is 0.0283. The Bertz CT molecular complexity index is 933. The van der Waals surface area contributed by atoms with Gasteiger partial charge in [-0.25, -0.2) is 0 Å². The van der Waals surface area contributed by atoms with Crippen LogP contribution in [0, 0.1) is 28.4 Å². The van der Waals surface area contributed by atoms with Gasteiger partial charge in [0.05, 0.1) is 4.92 Å². The summed E-state index contributed by atoms with van der Waals surface area (Å²) in [6.07, 6.45) is 1.24. The summed E-state index contributed by atoms with van der Waals surface area (Å²) in [5.74, 6) is -0.653. The third-order valence-electron chi connectivity index (χ3n) is 3.27. The molecule has 0 radical (unpaired) electrons. The number of benzene rings is 2. The van der Waals surface area contributed by atoms with Crippen molar-refractivity contribution >= 4 is 46.6 Å². The predicted octanol–water partition coefficient (Wildman–Crippen LogP) is 4.76. The first-order valence-corrected chi connectivity index (χ1v) is 7.70. The molecular weight excluding hydrogens is 365 g/mol. The van der Waals surface area contributed by atoms with Crippen molar-refractivity contribution in [1.29, 1.82) is 5.26 Å². The summed E-state index contributed by atoms with van der Waals surface area (Å²) in [6.45, 7) is 1.82. The first-order chi connectivity index (χ1) is 11.8. The molecule has 0 spiro atoms. The minimum Gasteiger partial charge on any atom is -0.321 e. The second kappa shape index (κ2) is 7.79. The molecule has 0 aromatic heterocycles. The molecule has 0 atom stereocenters. The van der Waals surface area contributed by atoms with Crippen molar-refractivity contribution in [2.45, 2.75) is 6.92 Å². The van der Waals surface area contributed by atoms with Gasteiger partial charge in [0.1, 0.15) is 16.7 Å². The van der Waals surface area contributed by atoms with E-state index in [2.05, 4.69) is 5.32 Å². The first-order valence-electron chi connectivity index (χ1n) is 6.95. The summed E-state index contributed by atoms with van der Waals surface area (Å²) in [7, 11) is 0. The maximum Gasteiger partial charge on any atom is 0.288 e. The van der Waals surface area contributed by atoms with Crippen molar-refractivity contribution in [1.82, 2.24) is 0 Å². The number of aryl methyl sites for hydroxylation is 1. The number of anilines is 1. The molecule has 2 aromatic carbocycles. The summed E-state index contributed by atoms with van der Waals surface area (Å²) in [5.41, 5.74) is 1.07. The van der Waals surface area contributed by atoms with Crippen LogP contribution in [0.3, 0.4) is 0 Å². The first kappa shape index (κ1) is 18.5. The molecule has 0 aliphatic carbocycles. The lowest BCUT2D eigenvalue weighted by Gasteiger charge is -2.06. The zero-order valence-corrected chi connectivity index (χ0v) is 14.4. The maximum absolute atomic E-state index is 12.2. The average molecular weight is 376 g/mol. The second-order valence-corrected chi connectivity index (χ2v) is 5.87. The van der Waals surface area contributed by atoms with Crippen LogP contribution < -0.4 is 5.32 Å². The largest absolute Gasteiger partial charge is 0.321 e. The molecule has 0 bridgehead atoms. The molecular formula is C17H11Cl2N3O3. The summed E-state index contributed by atoms with van der Waals surface area (Å²) in [6, 6.07) is 10.7. The second-order valence-electron chi connectivity index (χ2n) is 5.06. The van der Waals surface area contributed by atoms with E-state index in [1.54, 1.807) is 24.3 Å². The Hall–Kier alpha value is -2.88. The standard InChI is InChI=1S/C17H11Cl2N3O3/c1-10-2-4-13(8-15(10)19)21-17(23)12(9-20)6-11-3-5-14(18)16(7-11)22(24)25/h2-8H,1H3,(H,21,23)/b12-6+. The molecule has 0 saturated heterocycles. The Kier molecular flexibility index (Phi) is 5.75. The monoisotopic (exact) mass is 375 g/mol. The third-order valence-corrected chi connectivity index (χ3v) is 4.00. The summed E-state index contributed by atoms with van der Waals surface area (Å²) in [4.78, 5) is 22.5. The van der Waals surface area contributed by atoms with Crippen LogP contribution in [0.2, 0.25) is 10.0 Å². The normalized spacial score (nSPS) is 10.9. The summed E-state index contributed by atoms with van der Waals surface area (Å²) in [5, 5.41) is 23.1. The highest BCUT2D eigenvalue weighted by molar-refractivity contribution is 6.32. The van der Waals surface area contributed by atoms with E-state index < -0.39 is 10.8 Å². The Morgan fingerprint density at radius 1 is 1.24 bits per heavy atom. The molecule has 8 heteroatoms. The number of nitriles is 1. The van der Waals surface area contributed by atoms with E-state index in [0.29, 0.717) is 16.3 Å². The number of nitro benzene ring substituents is 1. The fourth-order valence-corrected chi connectivity index (χ4v) is 2.31. The van der Waals surface area contributed by atoms with Crippen LogP contribution in [0.5, 0.6) is 0 Å². The maximum atomic E-state index is 12.2. The zero-order chi connectivity index (χ0) is 18.6. The molecule has 2 aromatic rings. The van der Waals surface area contributed by atoms with Gasteiger partial charge in [-0.1, -0.05) is 35.3 Å². The fourth-order valence-electron chi connectivity index (χ4n) is 1.94. The van der Waals surface area contributed by atoms with Gasteiger partial charge in [0.15, 0.2) is 0 Å². The number of halogens is 2. The Morgan fingerprint density at radius 3 is 2.56 bits per heavy atom. The average Bonchev–Trinajstić information content (AvgIpc) is 2.57. The number of carbonyl (C=O) groups excluding carboxylic acids is 1. The molecule has 0 aliphatic heterocycles. The SMILES string of the molecule is Cc1ccc(NC(=O)/C(C#N)=C/c2ccc(Cl)c([N+](=O)[O-])c2)cc1Cl. The molecule has 2 rings (SSSR count). The van der Waals surface area contributed by atoms with Gasteiger partial charge < -0.3 is 5.32 Å². The Morgan fingerprint density at radius 2 is 1.96 bits per heavy atom. The topological polar surface area (TPSA) is 96.0 Å². The molecule has 1 amide bonds. The van der Waals surface area contributed by atoms with Crippen molar-refractivity contribution < 1.29 is 9.72 Å². The lowest BCUT2D eigenvalue weighted by atomic mass is 10.1. The highest BCUT2D eigenvalue weighted by Gasteiger charge is 2.14. The van der Waals surface area contributed by atoms with E-state index >= 15 is 0 Å². The molecule has 126 valence electrons. The van der Waals surface area contributed by atoms with Gasteiger partial charge >= 0.3 is 0 Å². The third kappa shape index (κ3) is 4.57. The Labute approximate surface area is 153 Å². The molecule has 1 N–H and O–H groups in total. The van der Waals surface area contributed by atoms with Crippen LogP contribution in [0.1, 0.15) is 11.1 Å². The molecule has 0 saturated carbocycles. The molecule has 0 fully saturated rings. The van der Waals surface area contributed by atoms with Crippen LogP contribution >= 0.6 is 23.2 Å². The molecule has 6 nitrogen and oxygen atoms in total. The summed E-state index contributed by atoms with van der Waals surface area (Å²) >= 11 is 11.7. The van der Waals surface area contributed by atoms with E-state index in [1.807, 2.05) is 6.92 Å². The number of rotatable bonds is 4. The smallest absolute Gasteiger partial charge is 0.288 e. The van der Waals surface area contributed by atoms with Crippen molar-refractivity contribution in [3.63, 3.8) is 0 Å². The molecule has 25 heavy (non-hydrogen) atoms. The number of hydrogen-bond donors (Lipinski definition) is 1. The highest BCUT2D eigenvalue weighted by atomic mass is 35.5. The van der Waals surface area contributed by atoms with Gasteiger partial charge in [0, 0.05) is 16.8 Å². The van der Waals surface area contributed by atoms with Crippen molar-refractivity contribution in [2.24, 2.45) is 0 Å². The van der Waals surface area contributed by atoms with Crippen molar-refractivity contribution in [3.05, 3.63) is 73.3 Å². The van der Waals surface area contributed by atoms with Crippen LogP contribution in [-0.4, -0.2) is 10.8 Å². The number of nitrogens with one attached hydrogen (secondary N) is 1. The quantitative estimate of drug-likeness (QED) is 0.360. The van der Waals surface area contributed by atoms with Crippen LogP contribution in [0.4, 0.5) is 11.4 Å². The van der Waals surface area contributed by atoms with E-state index in [4.69, 9.17) is 23.2 Å². The number of nitro groups is 1. The van der Waals surface area contributed by atoms with Gasteiger partial charge in [-0.15, -0.1) is 0 Å². The van der Waals surface area contributed by atoms with Gasteiger partial charge in [-0.3, -0.25) is 14.9 Å². The van der Waals surface area contributed by atoms with Crippen molar-refractivity contribution in [3.8, 4) is 6.07 Å². The Balaban J connectivity index is 2.29. The van der Waals surface area contributed by atoms with E-state index in [0.717, 1.165) is 5.56 Å². The molecule has 0 aliphatic rings. The lowest BCUT2D eigenvalue weighted by Crippen LogP contribution is -2.13. The minimum atomic E-state index is -0.653. The lowest BCUT2D eigenvalue weighted by molar-refractivity contribution is -0.384. The fraction of sp³-hybridized carbons (Fsp3) is 0.0588. The van der Waals surface area contributed by atoms with E-state index in [1.165, 1.54) is 24.3 Å². The number of hydrogen-bond acceptors (Lipinski definition) is 4. The van der Waals surface area contributed by atoms with Gasteiger partial charge in [-0.05, 0) is 42.3 Å². The number of amides is 1. The van der Waals surface area contributed by atoms with Crippen LogP contribution in [-0.2, 0) is 4.79 Å². The van der Waals surface area contributed by atoms with E-state index in [9.17, 15) is 20.2 Å². The van der Waals surface area contributed by atoms with Gasteiger partial charge in [0.2, 0.25) is 0 Å². The summed E-state index contributed by atoms with van der Waals surface area (Å²) < 4.78 is 0. The zero-order valence-electron chi connectivity index (χ0n) is 12.9. The molecule has 0 unspecified atom stereocenters. The number of carbonyl (C=O) groups is 1. The van der Waals surface area contributed by atoms with Crippen molar-refractivity contribution in [2.75, 3.05) is 5.32 Å². The van der Waals surface area contributed by atoms with E-state index in [-0.39, 0.29) is 16.3 Å².